The lowest BCUT2D eigenvalue weighted by atomic mass is 10.2. The molecule has 5 heteroatoms. The van der Waals surface area contributed by atoms with Crippen LogP contribution in [0.1, 0.15) is 24.3 Å². The number of nitrogens with one attached hydrogen (secondary N) is 2. The van der Waals surface area contributed by atoms with Gasteiger partial charge in [-0.3, -0.25) is 9.78 Å². The summed E-state index contributed by atoms with van der Waals surface area (Å²) in [6.45, 7) is 3.77. The van der Waals surface area contributed by atoms with Crippen molar-refractivity contribution >= 4 is 17.3 Å². The van der Waals surface area contributed by atoms with Gasteiger partial charge in [-0.15, -0.1) is 0 Å². The highest BCUT2D eigenvalue weighted by Crippen LogP contribution is 2.17. The van der Waals surface area contributed by atoms with E-state index in [9.17, 15) is 9.18 Å². The van der Waals surface area contributed by atoms with Gasteiger partial charge in [-0.2, -0.15) is 0 Å². The first kappa shape index (κ1) is 14.0. The quantitative estimate of drug-likeness (QED) is 0.900. The number of amides is 1. The summed E-state index contributed by atoms with van der Waals surface area (Å²) in [4.78, 5) is 15.9. The van der Waals surface area contributed by atoms with E-state index in [1.165, 1.54) is 12.1 Å². The van der Waals surface area contributed by atoms with E-state index in [1.807, 2.05) is 13.8 Å². The molecule has 2 rings (SSSR count). The molecule has 2 aromatic rings. The molecular formula is C15H16FN3O. The van der Waals surface area contributed by atoms with Crippen molar-refractivity contribution in [3.8, 4) is 0 Å². The van der Waals surface area contributed by atoms with Gasteiger partial charge in [0.25, 0.3) is 5.91 Å². The zero-order chi connectivity index (χ0) is 14.5. The largest absolute Gasteiger partial charge is 0.355 e. The summed E-state index contributed by atoms with van der Waals surface area (Å²) in [6.07, 6.45) is 1.56. The second-order valence-electron chi connectivity index (χ2n) is 4.69. The monoisotopic (exact) mass is 273 g/mol. The number of hydrogen-bond acceptors (Lipinski definition) is 3. The molecule has 0 aliphatic heterocycles. The number of aromatic nitrogens is 1. The van der Waals surface area contributed by atoms with Crippen molar-refractivity contribution < 1.29 is 9.18 Å². The number of carbonyl (C=O) groups excluding carboxylic acids is 1. The van der Waals surface area contributed by atoms with Gasteiger partial charge >= 0.3 is 0 Å². The Balaban J connectivity index is 2.13. The lowest BCUT2D eigenvalue weighted by Gasteiger charge is -2.10. The molecule has 4 nitrogen and oxygen atoms in total. The molecule has 0 aliphatic carbocycles. The van der Waals surface area contributed by atoms with E-state index < -0.39 is 0 Å². The van der Waals surface area contributed by atoms with E-state index >= 15 is 0 Å². The van der Waals surface area contributed by atoms with Crippen LogP contribution in [0.15, 0.2) is 42.6 Å². The molecule has 0 saturated heterocycles. The van der Waals surface area contributed by atoms with Crippen molar-refractivity contribution in [1.29, 1.82) is 0 Å². The molecule has 0 aliphatic rings. The Morgan fingerprint density at radius 1 is 1.15 bits per heavy atom. The predicted molar refractivity (Wildman–Crippen MR) is 76.5 cm³/mol. The SMILES string of the molecule is CC(C)NC(=O)c1cc(Nc2ccc(F)cc2)ccn1. The Bertz CT molecular complexity index is 596. The van der Waals surface area contributed by atoms with E-state index in [1.54, 1.807) is 30.5 Å². The molecule has 1 amide bonds. The van der Waals surface area contributed by atoms with E-state index in [0.717, 1.165) is 11.4 Å². The normalized spacial score (nSPS) is 10.4. The molecule has 0 saturated carbocycles. The fourth-order valence-electron chi connectivity index (χ4n) is 1.67. The molecule has 1 heterocycles. The fraction of sp³-hybridized carbons (Fsp3) is 0.200. The van der Waals surface area contributed by atoms with Gasteiger partial charge in [0.1, 0.15) is 11.5 Å². The Hall–Kier alpha value is -2.43. The third-order valence-corrected chi connectivity index (χ3v) is 2.55. The van der Waals surface area contributed by atoms with Crippen molar-refractivity contribution in [2.75, 3.05) is 5.32 Å². The molecule has 0 bridgehead atoms. The topological polar surface area (TPSA) is 54.0 Å². The molecule has 0 unspecified atom stereocenters. The molecule has 0 radical (unpaired) electrons. The molecule has 0 spiro atoms. The second kappa shape index (κ2) is 6.14. The van der Waals surface area contributed by atoms with Crippen LogP contribution in [0, 0.1) is 5.82 Å². The van der Waals surface area contributed by atoms with E-state index in [4.69, 9.17) is 0 Å². The smallest absolute Gasteiger partial charge is 0.270 e. The number of anilines is 2. The van der Waals surface area contributed by atoms with Gasteiger partial charge in [-0.05, 0) is 50.2 Å². The molecule has 104 valence electrons. The summed E-state index contributed by atoms with van der Waals surface area (Å²) in [5.41, 5.74) is 1.80. The van der Waals surface area contributed by atoms with Crippen LogP contribution < -0.4 is 10.6 Å². The van der Waals surface area contributed by atoms with Crippen LogP contribution >= 0.6 is 0 Å². The minimum atomic E-state index is -0.290. The van der Waals surface area contributed by atoms with Gasteiger partial charge in [-0.25, -0.2) is 4.39 Å². The fourth-order valence-corrected chi connectivity index (χ4v) is 1.67. The first-order valence-electron chi connectivity index (χ1n) is 6.34. The number of hydrogen-bond donors (Lipinski definition) is 2. The lowest BCUT2D eigenvalue weighted by molar-refractivity contribution is 0.0938. The van der Waals surface area contributed by atoms with Crippen molar-refractivity contribution in [3.63, 3.8) is 0 Å². The van der Waals surface area contributed by atoms with E-state index in [2.05, 4.69) is 15.6 Å². The Morgan fingerprint density at radius 3 is 2.50 bits per heavy atom. The summed E-state index contributed by atoms with van der Waals surface area (Å²) in [5.74, 6) is -0.509. The maximum absolute atomic E-state index is 12.8. The lowest BCUT2D eigenvalue weighted by Crippen LogP contribution is -2.30. The zero-order valence-corrected chi connectivity index (χ0v) is 11.4. The number of benzene rings is 1. The third kappa shape index (κ3) is 3.78. The highest BCUT2D eigenvalue weighted by atomic mass is 19.1. The molecule has 1 aromatic carbocycles. The molecule has 2 N–H and O–H groups in total. The molecular weight excluding hydrogens is 257 g/mol. The molecule has 0 atom stereocenters. The maximum atomic E-state index is 12.8. The van der Waals surface area contributed by atoms with Crippen LogP contribution in [-0.2, 0) is 0 Å². The van der Waals surface area contributed by atoms with Crippen molar-refractivity contribution in [2.24, 2.45) is 0 Å². The first-order chi connectivity index (χ1) is 9.54. The van der Waals surface area contributed by atoms with Crippen LogP contribution in [0.25, 0.3) is 0 Å². The Labute approximate surface area is 117 Å². The number of rotatable bonds is 4. The predicted octanol–water partition coefficient (Wildman–Crippen LogP) is 3.10. The van der Waals surface area contributed by atoms with Crippen LogP contribution in [0.3, 0.4) is 0 Å². The number of nitrogens with zero attached hydrogens (tertiary/aromatic N) is 1. The van der Waals surface area contributed by atoms with Gasteiger partial charge in [0.2, 0.25) is 0 Å². The van der Waals surface area contributed by atoms with Crippen LogP contribution in [-0.4, -0.2) is 16.9 Å². The molecule has 0 fully saturated rings. The minimum Gasteiger partial charge on any atom is -0.355 e. The van der Waals surface area contributed by atoms with Gasteiger partial charge in [0, 0.05) is 23.6 Å². The van der Waals surface area contributed by atoms with Gasteiger partial charge in [-0.1, -0.05) is 0 Å². The minimum absolute atomic E-state index is 0.0537. The first-order valence-corrected chi connectivity index (χ1v) is 6.34. The maximum Gasteiger partial charge on any atom is 0.270 e. The highest BCUT2D eigenvalue weighted by Gasteiger charge is 2.09. The number of pyridine rings is 1. The van der Waals surface area contributed by atoms with Crippen molar-refractivity contribution in [3.05, 3.63) is 54.1 Å². The third-order valence-electron chi connectivity index (χ3n) is 2.55. The van der Waals surface area contributed by atoms with Crippen LogP contribution in [0.2, 0.25) is 0 Å². The number of halogens is 1. The van der Waals surface area contributed by atoms with Gasteiger partial charge in [0.05, 0.1) is 0 Å². The van der Waals surface area contributed by atoms with E-state index in [-0.39, 0.29) is 17.8 Å². The van der Waals surface area contributed by atoms with Gasteiger partial charge in [0.15, 0.2) is 0 Å². The average molecular weight is 273 g/mol. The molecule has 20 heavy (non-hydrogen) atoms. The summed E-state index contributed by atoms with van der Waals surface area (Å²) in [7, 11) is 0. The Morgan fingerprint density at radius 2 is 1.85 bits per heavy atom. The zero-order valence-electron chi connectivity index (χ0n) is 11.4. The molecule has 1 aromatic heterocycles. The summed E-state index contributed by atoms with van der Waals surface area (Å²) >= 11 is 0. The second-order valence-corrected chi connectivity index (χ2v) is 4.69. The standard InChI is InChI=1S/C15H16FN3O/c1-10(2)18-15(20)14-9-13(7-8-17-14)19-12-5-3-11(16)4-6-12/h3-10H,1-2H3,(H,17,19)(H,18,20). The number of carbonyl (C=O) groups is 1. The summed E-state index contributed by atoms with van der Waals surface area (Å²) in [5, 5.41) is 5.87. The highest BCUT2D eigenvalue weighted by molar-refractivity contribution is 5.93. The average Bonchev–Trinajstić information content (AvgIpc) is 2.41. The summed E-state index contributed by atoms with van der Waals surface area (Å²) in [6, 6.07) is 9.45. The van der Waals surface area contributed by atoms with Gasteiger partial charge < -0.3 is 10.6 Å². The van der Waals surface area contributed by atoms with Crippen molar-refractivity contribution in [1.82, 2.24) is 10.3 Å². The van der Waals surface area contributed by atoms with Crippen LogP contribution in [0.4, 0.5) is 15.8 Å². The van der Waals surface area contributed by atoms with Crippen LogP contribution in [0.5, 0.6) is 0 Å². The van der Waals surface area contributed by atoms with E-state index in [0.29, 0.717) is 5.69 Å². The van der Waals surface area contributed by atoms with Crippen molar-refractivity contribution in [2.45, 2.75) is 19.9 Å². The summed E-state index contributed by atoms with van der Waals surface area (Å²) < 4.78 is 12.8. The Kier molecular flexibility index (Phi) is 4.30.